The Labute approximate surface area is 135 Å². The van der Waals surface area contributed by atoms with Gasteiger partial charge in [0.25, 0.3) is 0 Å². The van der Waals surface area contributed by atoms with Crippen molar-refractivity contribution in [1.82, 2.24) is 0 Å². The molecule has 0 aliphatic rings. The van der Waals surface area contributed by atoms with Gasteiger partial charge in [0.1, 0.15) is 24.2 Å². The van der Waals surface area contributed by atoms with Gasteiger partial charge in [0, 0.05) is 6.07 Å². The average Bonchev–Trinajstić information content (AvgIpc) is 2.53. The van der Waals surface area contributed by atoms with Gasteiger partial charge in [-0.25, -0.2) is 4.79 Å². The molecule has 2 aromatic rings. The summed E-state index contributed by atoms with van der Waals surface area (Å²) in [6.07, 6.45) is -1.13. The minimum absolute atomic E-state index is 0.0726. The highest BCUT2D eigenvalue weighted by atomic mass is 16.5. The van der Waals surface area contributed by atoms with E-state index in [2.05, 4.69) is 0 Å². The van der Waals surface area contributed by atoms with Crippen LogP contribution in [0.3, 0.4) is 0 Å². The molecule has 122 valence electrons. The summed E-state index contributed by atoms with van der Waals surface area (Å²) in [5, 5.41) is 18.7. The van der Waals surface area contributed by atoms with Crippen molar-refractivity contribution in [3.8, 4) is 11.5 Å². The van der Waals surface area contributed by atoms with Crippen molar-refractivity contribution in [1.29, 1.82) is 0 Å². The molecule has 2 N–H and O–H groups in total. The first kappa shape index (κ1) is 16.8. The number of aliphatic hydroxyl groups excluding tert-OH is 1. The van der Waals surface area contributed by atoms with Gasteiger partial charge >= 0.3 is 5.97 Å². The molecule has 0 aliphatic carbocycles. The van der Waals surface area contributed by atoms with Gasteiger partial charge in [-0.1, -0.05) is 30.3 Å². The van der Waals surface area contributed by atoms with E-state index in [-0.39, 0.29) is 5.56 Å². The van der Waals surface area contributed by atoms with Crippen LogP contribution in [0, 0.1) is 0 Å². The maximum Gasteiger partial charge on any atom is 0.335 e. The second-order valence-electron chi connectivity index (χ2n) is 5.34. The zero-order chi connectivity index (χ0) is 16.8. The van der Waals surface area contributed by atoms with E-state index in [0.29, 0.717) is 18.1 Å². The molecule has 0 spiro atoms. The largest absolute Gasteiger partial charge is 0.489 e. The number of rotatable bonds is 7. The number of carboxylic acids is 1. The Hall–Kier alpha value is -2.53. The van der Waals surface area contributed by atoms with Crippen molar-refractivity contribution in [3.05, 3.63) is 59.7 Å². The predicted octanol–water partition coefficient (Wildman–Crippen LogP) is 3.11. The standard InChI is InChI=1S/C18H20O5/c1-12(19)13(2)23-17-9-15(18(20)21)8-16(10-17)22-11-14-6-4-3-5-7-14/h3-10,12-13,19H,11H2,1-2H3,(H,20,21). The van der Waals surface area contributed by atoms with E-state index in [1.165, 1.54) is 12.1 Å². The second-order valence-corrected chi connectivity index (χ2v) is 5.34. The number of aromatic carboxylic acids is 1. The Morgan fingerprint density at radius 1 is 1.09 bits per heavy atom. The average molecular weight is 316 g/mol. The van der Waals surface area contributed by atoms with Crippen LogP contribution in [-0.4, -0.2) is 28.4 Å². The zero-order valence-corrected chi connectivity index (χ0v) is 13.1. The number of hydrogen-bond donors (Lipinski definition) is 2. The van der Waals surface area contributed by atoms with Crippen molar-refractivity contribution in [2.45, 2.75) is 32.7 Å². The molecule has 0 saturated carbocycles. The van der Waals surface area contributed by atoms with Gasteiger partial charge in [-0.15, -0.1) is 0 Å². The lowest BCUT2D eigenvalue weighted by molar-refractivity contribution is 0.0598. The number of benzene rings is 2. The third-order valence-corrected chi connectivity index (χ3v) is 3.38. The van der Waals surface area contributed by atoms with Gasteiger partial charge in [-0.2, -0.15) is 0 Å². The smallest absolute Gasteiger partial charge is 0.335 e. The molecule has 0 aromatic heterocycles. The molecule has 0 aliphatic heterocycles. The van der Waals surface area contributed by atoms with E-state index in [1.807, 2.05) is 30.3 Å². The van der Waals surface area contributed by atoms with Gasteiger partial charge < -0.3 is 19.7 Å². The van der Waals surface area contributed by atoms with Crippen molar-refractivity contribution < 1.29 is 24.5 Å². The molecule has 0 saturated heterocycles. The van der Waals surface area contributed by atoms with Gasteiger partial charge in [-0.05, 0) is 31.5 Å². The number of carboxylic acid groups (broad SMARTS) is 1. The Kier molecular flexibility index (Phi) is 5.60. The highest BCUT2D eigenvalue weighted by Gasteiger charge is 2.14. The highest BCUT2D eigenvalue weighted by Crippen LogP contribution is 2.25. The fraction of sp³-hybridized carbons (Fsp3) is 0.278. The van der Waals surface area contributed by atoms with Crippen LogP contribution in [0.4, 0.5) is 0 Å². The maximum atomic E-state index is 11.2. The molecule has 23 heavy (non-hydrogen) atoms. The maximum absolute atomic E-state index is 11.2. The molecule has 0 radical (unpaired) electrons. The van der Waals surface area contributed by atoms with Gasteiger partial charge in [-0.3, -0.25) is 0 Å². The van der Waals surface area contributed by atoms with E-state index in [9.17, 15) is 15.0 Å². The Morgan fingerprint density at radius 2 is 1.74 bits per heavy atom. The second kappa shape index (κ2) is 7.65. The van der Waals surface area contributed by atoms with Crippen LogP contribution in [0.25, 0.3) is 0 Å². The number of hydrogen-bond acceptors (Lipinski definition) is 4. The predicted molar refractivity (Wildman–Crippen MR) is 85.9 cm³/mol. The summed E-state index contributed by atoms with van der Waals surface area (Å²) in [6.45, 7) is 3.65. The first-order valence-electron chi connectivity index (χ1n) is 7.35. The quantitative estimate of drug-likeness (QED) is 0.821. The molecular formula is C18H20O5. The van der Waals surface area contributed by atoms with E-state index in [0.717, 1.165) is 5.56 Å². The van der Waals surface area contributed by atoms with Gasteiger partial charge in [0.05, 0.1) is 11.7 Å². The van der Waals surface area contributed by atoms with Crippen LogP contribution in [-0.2, 0) is 6.61 Å². The summed E-state index contributed by atoms with van der Waals surface area (Å²) in [4.78, 5) is 11.2. The van der Waals surface area contributed by atoms with E-state index < -0.39 is 18.2 Å². The molecular weight excluding hydrogens is 296 g/mol. The molecule has 0 heterocycles. The Morgan fingerprint density at radius 3 is 2.35 bits per heavy atom. The summed E-state index contributed by atoms with van der Waals surface area (Å²) in [6, 6.07) is 14.1. The lowest BCUT2D eigenvalue weighted by atomic mass is 10.2. The highest BCUT2D eigenvalue weighted by molar-refractivity contribution is 5.88. The molecule has 2 atom stereocenters. The zero-order valence-electron chi connectivity index (χ0n) is 13.1. The topological polar surface area (TPSA) is 76.0 Å². The van der Waals surface area contributed by atoms with E-state index >= 15 is 0 Å². The normalized spacial score (nSPS) is 13.2. The summed E-state index contributed by atoms with van der Waals surface area (Å²) in [7, 11) is 0. The number of ether oxygens (including phenoxy) is 2. The van der Waals surface area contributed by atoms with Crippen LogP contribution in [0.5, 0.6) is 11.5 Å². The van der Waals surface area contributed by atoms with Crippen molar-refractivity contribution in [3.63, 3.8) is 0 Å². The fourth-order valence-electron chi connectivity index (χ4n) is 1.90. The van der Waals surface area contributed by atoms with Crippen molar-refractivity contribution in [2.24, 2.45) is 0 Å². The summed E-state index contributed by atoms with van der Waals surface area (Å²) in [5.74, 6) is -0.312. The monoisotopic (exact) mass is 316 g/mol. The molecule has 0 fully saturated rings. The van der Waals surface area contributed by atoms with E-state index in [1.54, 1.807) is 19.9 Å². The van der Waals surface area contributed by atoms with Crippen LogP contribution in [0.15, 0.2) is 48.5 Å². The van der Waals surface area contributed by atoms with Gasteiger partial charge in [0.15, 0.2) is 0 Å². The molecule has 2 unspecified atom stereocenters. The van der Waals surface area contributed by atoms with E-state index in [4.69, 9.17) is 9.47 Å². The first-order chi connectivity index (χ1) is 11.0. The summed E-state index contributed by atoms with van der Waals surface area (Å²) >= 11 is 0. The lowest BCUT2D eigenvalue weighted by Gasteiger charge is -2.18. The minimum atomic E-state index is -1.07. The molecule has 5 heteroatoms. The first-order valence-corrected chi connectivity index (χ1v) is 7.35. The van der Waals surface area contributed by atoms with Gasteiger partial charge in [0.2, 0.25) is 0 Å². The molecule has 0 amide bonds. The Balaban J connectivity index is 2.17. The molecule has 2 aromatic carbocycles. The lowest BCUT2D eigenvalue weighted by Crippen LogP contribution is -2.25. The summed E-state index contributed by atoms with van der Waals surface area (Å²) in [5.41, 5.74) is 1.05. The third-order valence-electron chi connectivity index (χ3n) is 3.38. The minimum Gasteiger partial charge on any atom is -0.489 e. The Bertz CT molecular complexity index is 652. The fourth-order valence-corrected chi connectivity index (χ4v) is 1.90. The van der Waals surface area contributed by atoms with Crippen LogP contribution in [0.1, 0.15) is 29.8 Å². The molecule has 2 rings (SSSR count). The molecule has 0 bridgehead atoms. The van der Waals surface area contributed by atoms with Crippen molar-refractivity contribution >= 4 is 5.97 Å². The molecule has 5 nitrogen and oxygen atoms in total. The van der Waals surface area contributed by atoms with Crippen LogP contribution in [0.2, 0.25) is 0 Å². The SMILES string of the molecule is CC(O)C(C)Oc1cc(OCc2ccccc2)cc(C(=O)O)c1. The van der Waals surface area contributed by atoms with Crippen LogP contribution >= 0.6 is 0 Å². The summed E-state index contributed by atoms with van der Waals surface area (Å²) < 4.78 is 11.2. The number of aliphatic hydroxyl groups is 1. The van der Waals surface area contributed by atoms with Crippen LogP contribution < -0.4 is 9.47 Å². The third kappa shape index (κ3) is 5.00. The van der Waals surface area contributed by atoms with Crippen molar-refractivity contribution in [2.75, 3.05) is 0 Å². The number of carbonyl (C=O) groups is 1.